The van der Waals surface area contributed by atoms with Crippen molar-refractivity contribution in [3.63, 3.8) is 0 Å². The molecule has 0 fully saturated rings. The average molecular weight is 219 g/mol. The van der Waals surface area contributed by atoms with Gasteiger partial charge in [0, 0.05) is 5.56 Å². The molecule has 1 rings (SSSR count). The van der Waals surface area contributed by atoms with Crippen LogP contribution in [0.3, 0.4) is 0 Å². The average Bonchev–Trinajstić information content (AvgIpc) is 2.24. The predicted octanol–water partition coefficient (Wildman–Crippen LogP) is 1.28. The molecule has 0 heterocycles. The van der Waals surface area contributed by atoms with Gasteiger partial charge < -0.3 is 15.6 Å². The minimum atomic E-state index is -0.352. The molecule has 0 radical (unpaired) electrons. The van der Waals surface area contributed by atoms with Crippen LogP contribution in [0.15, 0.2) is 18.2 Å². The third-order valence-corrected chi connectivity index (χ3v) is 1.80. The molecular formula is C12H13NO3. The summed E-state index contributed by atoms with van der Waals surface area (Å²) in [6, 6.07) is 4.68. The largest absolute Gasteiger partial charge is 0.506 e. The van der Waals surface area contributed by atoms with Gasteiger partial charge in [0.1, 0.15) is 12.2 Å². The third-order valence-electron chi connectivity index (χ3n) is 1.80. The standard InChI is InChI=1S/C12H13NO3/c1-2-16-12(15)5-3-4-9-6-7-10(13)11(14)8-9/h6-8,14H,2,5,13H2,1H3. The molecule has 0 bridgehead atoms. The first-order valence-corrected chi connectivity index (χ1v) is 4.86. The number of ether oxygens (including phenoxy) is 1. The second-order valence-electron chi connectivity index (χ2n) is 3.06. The Hall–Kier alpha value is -2.15. The van der Waals surface area contributed by atoms with Crippen LogP contribution >= 0.6 is 0 Å². The van der Waals surface area contributed by atoms with Crippen LogP contribution in [0, 0.1) is 11.8 Å². The van der Waals surface area contributed by atoms with Crippen molar-refractivity contribution in [1.29, 1.82) is 0 Å². The van der Waals surface area contributed by atoms with Crippen LogP contribution in [0.1, 0.15) is 18.9 Å². The van der Waals surface area contributed by atoms with Crippen molar-refractivity contribution >= 4 is 11.7 Å². The zero-order valence-electron chi connectivity index (χ0n) is 8.99. The van der Waals surface area contributed by atoms with E-state index in [-0.39, 0.29) is 18.1 Å². The molecule has 1 aromatic carbocycles. The molecule has 0 saturated heterocycles. The number of anilines is 1. The van der Waals surface area contributed by atoms with Crippen LogP contribution < -0.4 is 5.73 Å². The van der Waals surface area contributed by atoms with E-state index in [1.807, 2.05) is 0 Å². The summed E-state index contributed by atoms with van der Waals surface area (Å²) >= 11 is 0. The van der Waals surface area contributed by atoms with Crippen LogP contribution in [0.5, 0.6) is 5.75 Å². The molecule has 0 aliphatic carbocycles. The molecule has 84 valence electrons. The molecule has 1 aromatic rings. The molecule has 4 nitrogen and oxygen atoms in total. The van der Waals surface area contributed by atoms with Gasteiger partial charge in [0.15, 0.2) is 0 Å². The van der Waals surface area contributed by atoms with E-state index in [4.69, 9.17) is 10.5 Å². The topological polar surface area (TPSA) is 72.5 Å². The number of phenols is 1. The van der Waals surface area contributed by atoms with Gasteiger partial charge in [-0.15, -0.1) is 0 Å². The fourth-order valence-corrected chi connectivity index (χ4v) is 1.05. The minimum Gasteiger partial charge on any atom is -0.506 e. The Labute approximate surface area is 94.0 Å². The summed E-state index contributed by atoms with van der Waals surface area (Å²) in [7, 11) is 0. The van der Waals surface area contributed by atoms with Crippen molar-refractivity contribution in [3.8, 4) is 17.6 Å². The summed E-state index contributed by atoms with van der Waals surface area (Å²) < 4.78 is 4.71. The molecule has 16 heavy (non-hydrogen) atoms. The van der Waals surface area contributed by atoms with Gasteiger partial charge in [-0.2, -0.15) is 0 Å². The lowest BCUT2D eigenvalue weighted by Crippen LogP contribution is -2.01. The lowest BCUT2D eigenvalue weighted by atomic mass is 10.2. The summed E-state index contributed by atoms with van der Waals surface area (Å²) in [4.78, 5) is 11.0. The number of nitrogen functional groups attached to an aromatic ring is 1. The van der Waals surface area contributed by atoms with Crippen LogP contribution in [-0.2, 0) is 9.53 Å². The highest BCUT2D eigenvalue weighted by Crippen LogP contribution is 2.19. The van der Waals surface area contributed by atoms with Crippen molar-refractivity contribution in [3.05, 3.63) is 23.8 Å². The van der Waals surface area contributed by atoms with Crippen molar-refractivity contribution in [2.75, 3.05) is 12.3 Å². The quantitative estimate of drug-likeness (QED) is 0.340. The Kier molecular flexibility index (Phi) is 4.22. The molecule has 0 spiro atoms. The summed E-state index contributed by atoms with van der Waals surface area (Å²) in [6.45, 7) is 2.09. The number of phenolic OH excluding ortho intramolecular Hbond substituents is 1. The SMILES string of the molecule is CCOC(=O)CC#Cc1ccc(N)c(O)c1. The zero-order chi connectivity index (χ0) is 12.0. The highest BCUT2D eigenvalue weighted by Gasteiger charge is 1.98. The Balaban J connectivity index is 2.63. The summed E-state index contributed by atoms with van der Waals surface area (Å²) in [5, 5.41) is 9.31. The third kappa shape index (κ3) is 3.54. The monoisotopic (exact) mass is 219 g/mol. The van der Waals surface area contributed by atoms with E-state index in [0.29, 0.717) is 17.9 Å². The van der Waals surface area contributed by atoms with Gasteiger partial charge in [-0.25, -0.2) is 0 Å². The number of hydrogen-bond acceptors (Lipinski definition) is 4. The number of aromatic hydroxyl groups is 1. The van der Waals surface area contributed by atoms with Crippen LogP contribution in [0.2, 0.25) is 0 Å². The summed E-state index contributed by atoms with van der Waals surface area (Å²) in [6.07, 6.45) is 0.0407. The van der Waals surface area contributed by atoms with Gasteiger partial charge >= 0.3 is 5.97 Å². The lowest BCUT2D eigenvalue weighted by molar-refractivity contribution is -0.141. The van der Waals surface area contributed by atoms with Crippen LogP contribution in [-0.4, -0.2) is 17.7 Å². The van der Waals surface area contributed by atoms with Gasteiger partial charge in [-0.3, -0.25) is 4.79 Å². The summed E-state index contributed by atoms with van der Waals surface area (Å²) in [5.74, 6) is 5.03. The fourth-order valence-electron chi connectivity index (χ4n) is 1.05. The van der Waals surface area contributed by atoms with E-state index in [9.17, 15) is 9.90 Å². The Bertz CT molecular complexity index is 443. The second-order valence-corrected chi connectivity index (χ2v) is 3.06. The summed E-state index contributed by atoms with van der Waals surface area (Å²) in [5.41, 5.74) is 6.34. The number of hydrogen-bond donors (Lipinski definition) is 2. The molecule has 0 aromatic heterocycles. The highest BCUT2D eigenvalue weighted by molar-refractivity contribution is 5.72. The van der Waals surface area contributed by atoms with Gasteiger partial charge in [0.25, 0.3) is 0 Å². The molecule has 0 aliphatic rings. The van der Waals surface area contributed by atoms with Crippen molar-refractivity contribution in [2.24, 2.45) is 0 Å². The second kappa shape index (κ2) is 5.66. The van der Waals surface area contributed by atoms with Crippen molar-refractivity contribution < 1.29 is 14.6 Å². The number of esters is 1. The first-order chi connectivity index (χ1) is 7.63. The van der Waals surface area contributed by atoms with E-state index in [1.54, 1.807) is 19.1 Å². The maximum absolute atomic E-state index is 11.0. The first kappa shape index (κ1) is 11.9. The van der Waals surface area contributed by atoms with Gasteiger partial charge in [-0.1, -0.05) is 11.8 Å². The number of benzene rings is 1. The number of nitrogens with two attached hydrogens (primary N) is 1. The molecule has 0 aliphatic heterocycles. The Morgan fingerprint density at radius 3 is 2.94 bits per heavy atom. The van der Waals surface area contributed by atoms with Gasteiger partial charge in [0.05, 0.1) is 12.3 Å². The Morgan fingerprint density at radius 2 is 2.31 bits per heavy atom. The van der Waals surface area contributed by atoms with E-state index in [2.05, 4.69) is 11.8 Å². The number of carbonyl (C=O) groups excluding carboxylic acids is 1. The molecular weight excluding hydrogens is 206 g/mol. The minimum absolute atomic E-state index is 0.0112. The zero-order valence-corrected chi connectivity index (χ0v) is 8.99. The van der Waals surface area contributed by atoms with E-state index in [0.717, 1.165) is 0 Å². The van der Waals surface area contributed by atoms with Crippen molar-refractivity contribution in [1.82, 2.24) is 0 Å². The van der Waals surface area contributed by atoms with Gasteiger partial charge in [0.2, 0.25) is 0 Å². The van der Waals surface area contributed by atoms with E-state index in [1.165, 1.54) is 6.07 Å². The normalized spacial score (nSPS) is 9.06. The smallest absolute Gasteiger partial charge is 0.317 e. The van der Waals surface area contributed by atoms with Crippen molar-refractivity contribution in [2.45, 2.75) is 13.3 Å². The molecule has 0 unspecified atom stereocenters. The van der Waals surface area contributed by atoms with Crippen LogP contribution in [0.25, 0.3) is 0 Å². The molecule has 0 atom stereocenters. The predicted molar refractivity (Wildman–Crippen MR) is 60.6 cm³/mol. The fraction of sp³-hybridized carbons (Fsp3) is 0.250. The number of carbonyl (C=O) groups is 1. The van der Waals surface area contributed by atoms with Crippen LogP contribution in [0.4, 0.5) is 5.69 Å². The van der Waals surface area contributed by atoms with Gasteiger partial charge in [-0.05, 0) is 25.1 Å². The number of rotatable bonds is 2. The Morgan fingerprint density at radius 1 is 1.56 bits per heavy atom. The van der Waals surface area contributed by atoms with E-state index >= 15 is 0 Å². The maximum atomic E-state index is 11.0. The molecule has 3 N–H and O–H groups in total. The first-order valence-electron chi connectivity index (χ1n) is 4.86. The highest BCUT2D eigenvalue weighted by atomic mass is 16.5. The molecule has 0 amide bonds. The lowest BCUT2D eigenvalue weighted by Gasteiger charge is -1.97. The van der Waals surface area contributed by atoms with E-state index < -0.39 is 0 Å². The molecule has 4 heteroatoms. The molecule has 0 saturated carbocycles. The maximum Gasteiger partial charge on any atom is 0.317 e.